The number of carboxylic acids is 1. The Bertz CT molecular complexity index is 1310. The molecule has 2 aromatic heterocycles. The van der Waals surface area contributed by atoms with E-state index in [1.54, 1.807) is 36.5 Å². The molecule has 4 aromatic rings. The number of nitrogens with one attached hydrogen (secondary N) is 1. The van der Waals surface area contributed by atoms with E-state index < -0.39 is 11.9 Å². The van der Waals surface area contributed by atoms with E-state index in [1.807, 2.05) is 49.6 Å². The molecule has 0 aliphatic carbocycles. The summed E-state index contributed by atoms with van der Waals surface area (Å²) >= 11 is 0. The van der Waals surface area contributed by atoms with Crippen LogP contribution in [-0.4, -0.2) is 27.8 Å². The molecule has 7 nitrogen and oxygen atoms in total. The highest BCUT2D eigenvalue weighted by atomic mass is 16.4. The summed E-state index contributed by atoms with van der Waals surface area (Å²) < 4.78 is 7.58. The van der Waals surface area contributed by atoms with Gasteiger partial charge in [-0.25, -0.2) is 10.2 Å². The second-order valence-electron chi connectivity index (χ2n) is 7.32. The fourth-order valence-corrected chi connectivity index (χ4v) is 3.64. The first-order valence-corrected chi connectivity index (χ1v) is 9.70. The van der Waals surface area contributed by atoms with Gasteiger partial charge in [-0.3, -0.25) is 4.79 Å². The minimum Gasteiger partial charge on any atom is -0.478 e. The number of aromatic nitrogens is 1. The molecule has 0 atom stereocenters. The average molecular weight is 415 g/mol. The second-order valence-corrected chi connectivity index (χ2v) is 7.32. The maximum Gasteiger partial charge on any atom is 0.335 e. The Hall–Kier alpha value is -4.13. The summed E-state index contributed by atoms with van der Waals surface area (Å²) in [6.45, 7) is 5.78. The van der Waals surface area contributed by atoms with Crippen LogP contribution in [0.1, 0.15) is 43.4 Å². The van der Waals surface area contributed by atoms with Crippen LogP contribution in [0.5, 0.6) is 0 Å². The molecule has 0 saturated heterocycles. The van der Waals surface area contributed by atoms with Crippen LogP contribution in [0.4, 0.5) is 0 Å². The summed E-state index contributed by atoms with van der Waals surface area (Å²) in [6, 6.07) is 16.1. The Labute approximate surface area is 178 Å². The molecule has 31 heavy (non-hydrogen) atoms. The van der Waals surface area contributed by atoms with Crippen LogP contribution in [-0.2, 0) is 0 Å². The largest absolute Gasteiger partial charge is 0.478 e. The molecule has 1 amide bonds. The van der Waals surface area contributed by atoms with Gasteiger partial charge in [0.25, 0.3) is 0 Å². The molecular weight excluding hydrogens is 394 g/mol. The first-order valence-electron chi connectivity index (χ1n) is 9.70. The SMILES string of the molecule is Cc1cc(C(=O)O)ccc1-n1c(C)cc(/C=N\NC(=O)c2cc3ccccc3o2)c1C. The maximum atomic E-state index is 12.3. The third kappa shape index (κ3) is 3.85. The number of rotatable bonds is 5. The minimum absolute atomic E-state index is 0.193. The topological polar surface area (TPSA) is 96.8 Å². The molecule has 0 saturated carbocycles. The van der Waals surface area contributed by atoms with Crippen LogP contribution in [0, 0.1) is 20.8 Å². The van der Waals surface area contributed by atoms with Crippen LogP contribution in [0.3, 0.4) is 0 Å². The van der Waals surface area contributed by atoms with Crippen LogP contribution in [0.15, 0.2) is 64.1 Å². The highest BCUT2D eigenvalue weighted by molar-refractivity contribution is 5.96. The molecule has 2 aromatic carbocycles. The van der Waals surface area contributed by atoms with Crippen molar-refractivity contribution in [3.63, 3.8) is 0 Å². The van der Waals surface area contributed by atoms with E-state index in [0.717, 1.165) is 33.6 Å². The van der Waals surface area contributed by atoms with E-state index >= 15 is 0 Å². The smallest absolute Gasteiger partial charge is 0.335 e. The monoisotopic (exact) mass is 415 g/mol. The van der Waals surface area contributed by atoms with E-state index in [0.29, 0.717) is 5.58 Å². The van der Waals surface area contributed by atoms with Crippen molar-refractivity contribution >= 4 is 29.1 Å². The number of amides is 1. The van der Waals surface area contributed by atoms with Crippen molar-refractivity contribution in [1.82, 2.24) is 9.99 Å². The lowest BCUT2D eigenvalue weighted by Gasteiger charge is -2.13. The predicted molar refractivity (Wildman–Crippen MR) is 118 cm³/mol. The summed E-state index contributed by atoms with van der Waals surface area (Å²) in [6.07, 6.45) is 1.58. The molecule has 0 fully saturated rings. The molecule has 7 heteroatoms. The van der Waals surface area contributed by atoms with Gasteiger partial charge < -0.3 is 14.1 Å². The molecule has 0 unspecified atom stereocenters. The van der Waals surface area contributed by atoms with E-state index in [2.05, 4.69) is 10.5 Å². The molecule has 0 spiro atoms. The van der Waals surface area contributed by atoms with E-state index in [-0.39, 0.29) is 11.3 Å². The second kappa shape index (κ2) is 7.95. The highest BCUT2D eigenvalue weighted by Crippen LogP contribution is 2.23. The summed E-state index contributed by atoms with van der Waals surface area (Å²) in [5, 5.41) is 14.1. The van der Waals surface area contributed by atoms with Crippen LogP contribution in [0.25, 0.3) is 16.7 Å². The average Bonchev–Trinajstić information content (AvgIpc) is 3.29. The zero-order chi connectivity index (χ0) is 22.1. The van der Waals surface area contributed by atoms with Gasteiger partial charge in [0.15, 0.2) is 5.76 Å². The van der Waals surface area contributed by atoms with Crippen molar-refractivity contribution in [2.24, 2.45) is 5.10 Å². The van der Waals surface area contributed by atoms with Gasteiger partial charge in [0, 0.05) is 28.0 Å². The molecule has 2 N–H and O–H groups in total. The number of nitrogens with zero attached hydrogens (tertiary/aromatic N) is 2. The first kappa shape index (κ1) is 20.2. The summed E-state index contributed by atoms with van der Waals surface area (Å²) in [7, 11) is 0. The third-order valence-corrected chi connectivity index (χ3v) is 5.17. The first-order chi connectivity index (χ1) is 14.8. The van der Waals surface area contributed by atoms with Crippen molar-refractivity contribution in [3.8, 4) is 5.69 Å². The molecular formula is C24H21N3O4. The fraction of sp³-hybridized carbons (Fsp3) is 0.125. The molecule has 156 valence electrons. The Morgan fingerprint density at radius 3 is 2.55 bits per heavy atom. The number of fused-ring (bicyclic) bond motifs is 1. The number of hydrogen-bond acceptors (Lipinski definition) is 4. The predicted octanol–water partition coefficient (Wildman–Crippen LogP) is 4.61. The van der Waals surface area contributed by atoms with E-state index in [4.69, 9.17) is 4.42 Å². The fourth-order valence-electron chi connectivity index (χ4n) is 3.64. The number of para-hydroxylation sites is 1. The standard InChI is InChI=1S/C24H21N3O4/c1-14-10-18(24(29)30)8-9-20(14)27-15(2)11-19(16(27)3)13-25-26-23(28)22-12-17-6-4-5-7-21(17)31-22/h4-13H,1-3H3,(H,26,28)(H,29,30)/b25-13-. The lowest BCUT2D eigenvalue weighted by molar-refractivity contribution is 0.0696. The molecule has 4 rings (SSSR count). The van der Waals surface area contributed by atoms with Crippen molar-refractivity contribution in [2.45, 2.75) is 20.8 Å². The van der Waals surface area contributed by atoms with Gasteiger partial charge in [-0.05, 0) is 62.7 Å². The number of carbonyl (C=O) groups excluding carboxylic acids is 1. The zero-order valence-corrected chi connectivity index (χ0v) is 17.3. The Morgan fingerprint density at radius 1 is 1.06 bits per heavy atom. The summed E-state index contributed by atoms with van der Waals surface area (Å²) in [5.41, 5.74) is 7.86. The lowest BCUT2D eigenvalue weighted by atomic mass is 10.1. The minimum atomic E-state index is -0.955. The van der Waals surface area contributed by atoms with Crippen molar-refractivity contribution in [3.05, 3.63) is 88.4 Å². The van der Waals surface area contributed by atoms with Gasteiger partial charge in [0.1, 0.15) is 5.58 Å². The number of benzene rings is 2. The number of carboxylic acid groups (broad SMARTS) is 1. The van der Waals surface area contributed by atoms with Crippen molar-refractivity contribution in [1.29, 1.82) is 0 Å². The molecule has 0 aliphatic rings. The Morgan fingerprint density at radius 2 is 1.84 bits per heavy atom. The summed E-state index contributed by atoms with van der Waals surface area (Å²) in [5.74, 6) is -1.19. The van der Waals surface area contributed by atoms with Crippen LogP contribution >= 0.6 is 0 Å². The molecule has 0 radical (unpaired) electrons. The third-order valence-electron chi connectivity index (χ3n) is 5.17. The molecule has 0 aliphatic heterocycles. The Kier molecular flexibility index (Phi) is 5.17. The van der Waals surface area contributed by atoms with Crippen molar-refractivity contribution < 1.29 is 19.1 Å². The highest BCUT2D eigenvalue weighted by Gasteiger charge is 2.14. The van der Waals surface area contributed by atoms with Gasteiger partial charge in [-0.2, -0.15) is 5.10 Å². The summed E-state index contributed by atoms with van der Waals surface area (Å²) in [4.78, 5) is 23.5. The zero-order valence-electron chi connectivity index (χ0n) is 17.3. The lowest BCUT2D eigenvalue weighted by Crippen LogP contribution is -2.16. The normalized spacial score (nSPS) is 11.3. The number of furan rings is 1. The van der Waals surface area contributed by atoms with Gasteiger partial charge in [-0.15, -0.1) is 0 Å². The number of hydrazone groups is 1. The maximum absolute atomic E-state index is 12.3. The van der Waals surface area contributed by atoms with E-state index in [1.165, 1.54) is 0 Å². The molecule has 0 bridgehead atoms. The molecule has 2 heterocycles. The van der Waals surface area contributed by atoms with Gasteiger partial charge in [0.05, 0.1) is 11.8 Å². The van der Waals surface area contributed by atoms with Crippen LogP contribution < -0.4 is 5.43 Å². The number of carbonyl (C=O) groups is 2. The van der Waals surface area contributed by atoms with Crippen LogP contribution in [0.2, 0.25) is 0 Å². The number of hydrogen-bond donors (Lipinski definition) is 2. The number of aryl methyl sites for hydroxylation is 2. The van der Waals surface area contributed by atoms with Crippen molar-refractivity contribution in [2.75, 3.05) is 0 Å². The van der Waals surface area contributed by atoms with Gasteiger partial charge >= 0.3 is 11.9 Å². The van der Waals surface area contributed by atoms with Gasteiger partial charge in [-0.1, -0.05) is 18.2 Å². The number of aromatic carboxylic acids is 1. The van der Waals surface area contributed by atoms with E-state index in [9.17, 15) is 14.7 Å². The quantitative estimate of drug-likeness (QED) is 0.367. The van der Waals surface area contributed by atoms with Gasteiger partial charge in [0.2, 0.25) is 0 Å². The Balaban J connectivity index is 1.55.